The summed E-state index contributed by atoms with van der Waals surface area (Å²) in [6.07, 6.45) is 11.2. The van der Waals surface area contributed by atoms with Gasteiger partial charge in [0.05, 0.1) is 0 Å². The van der Waals surface area contributed by atoms with Gasteiger partial charge in [-0.3, -0.25) is 0 Å². The number of hydrogen-bond donors (Lipinski definition) is 0. The predicted molar refractivity (Wildman–Crippen MR) is 136 cm³/mol. The summed E-state index contributed by atoms with van der Waals surface area (Å²) in [7, 11) is -2.67. The van der Waals surface area contributed by atoms with E-state index in [-0.39, 0.29) is 0 Å². The van der Waals surface area contributed by atoms with Crippen molar-refractivity contribution in [3.63, 3.8) is 0 Å². The van der Waals surface area contributed by atoms with E-state index in [9.17, 15) is 0 Å². The van der Waals surface area contributed by atoms with Crippen LogP contribution in [0.15, 0.2) is 57.9 Å². The van der Waals surface area contributed by atoms with Crippen molar-refractivity contribution in [3.05, 3.63) is 69.0 Å². The normalized spacial score (nSPS) is 17.8. The standard InChI is InChI=1S/C19H25Si2.C5H5.C3H4.Zr/c1-20(2,3)16-9-7-14-11-15-8-10-17(21(4,5)6)13-19(15)18(14)12-16;1-2-4-5-3-1;1-2-3-1;/h7-13H,1-6H3;1-3H,4H2;1-2H2;. The fourth-order valence-corrected chi connectivity index (χ4v) is 16.3. The van der Waals surface area contributed by atoms with Crippen LogP contribution in [0.5, 0.6) is 0 Å². The van der Waals surface area contributed by atoms with Crippen molar-refractivity contribution in [2.24, 2.45) is 0 Å². The van der Waals surface area contributed by atoms with Crippen molar-refractivity contribution in [3.8, 4) is 11.1 Å². The number of hydrogen-bond acceptors (Lipinski definition) is 0. The van der Waals surface area contributed by atoms with Gasteiger partial charge in [0.15, 0.2) is 0 Å². The zero-order valence-electron chi connectivity index (χ0n) is 19.4. The van der Waals surface area contributed by atoms with Crippen LogP contribution in [-0.4, -0.2) is 19.4 Å². The summed E-state index contributed by atoms with van der Waals surface area (Å²) in [6, 6.07) is 15.3. The van der Waals surface area contributed by atoms with E-state index in [4.69, 9.17) is 0 Å². The Labute approximate surface area is 192 Å². The summed E-state index contributed by atoms with van der Waals surface area (Å²) >= 11 is -1.88. The summed E-state index contributed by atoms with van der Waals surface area (Å²) in [6.45, 7) is 14.9. The molecule has 3 heteroatoms. The molecule has 1 fully saturated rings. The maximum atomic E-state index is 2.61. The van der Waals surface area contributed by atoms with Gasteiger partial charge in [-0.25, -0.2) is 0 Å². The molecule has 2 aromatic rings. The fraction of sp³-hybridized carbons (Fsp3) is 0.370. The molecule has 154 valence electrons. The van der Waals surface area contributed by atoms with Gasteiger partial charge >= 0.3 is 193 Å². The second-order valence-electron chi connectivity index (χ2n) is 11.4. The third-order valence-electron chi connectivity index (χ3n) is 7.04. The van der Waals surface area contributed by atoms with Gasteiger partial charge in [-0.1, -0.05) is 0 Å². The molecule has 0 aromatic heterocycles. The first-order valence-electron chi connectivity index (χ1n) is 11.5. The Kier molecular flexibility index (Phi) is 5.12. The second-order valence-corrected chi connectivity index (χ2v) is 28.3. The van der Waals surface area contributed by atoms with E-state index >= 15 is 0 Å². The molecule has 0 amide bonds. The molecular formula is C27H34Si2Zr. The molecule has 0 saturated heterocycles. The Morgan fingerprint density at radius 1 is 0.767 bits per heavy atom. The topological polar surface area (TPSA) is 0 Å². The third kappa shape index (κ3) is 3.65. The van der Waals surface area contributed by atoms with Crippen LogP contribution < -0.4 is 10.4 Å². The average molecular weight is 506 g/mol. The van der Waals surface area contributed by atoms with E-state index < -0.39 is 37.4 Å². The number of benzene rings is 2. The maximum absolute atomic E-state index is 2.61. The van der Waals surface area contributed by atoms with Crippen LogP contribution in [0.4, 0.5) is 0 Å². The minimum absolute atomic E-state index is 0.701. The third-order valence-corrected chi connectivity index (χ3v) is 19.8. The quantitative estimate of drug-likeness (QED) is 0.429. The van der Waals surface area contributed by atoms with Gasteiger partial charge in [0.25, 0.3) is 0 Å². The molecule has 0 N–H and O–H groups in total. The Morgan fingerprint density at radius 3 is 1.70 bits per heavy atom. The molecule has 1 saturated carbocycles. The Morgan fingerprint density at radius 2 is 1.30 bits per heavy atom. The second kappa shape index (κ2) is 7.32. The SMILES string of the molecule is C[Si](C)(C)c1ccc2c(c1)-c1cc([Si](C)(C)C)ccc1[CH]2[Zr]([C]1=CC=CC1)=[C]1CC1. The Bertz CT molecular complexity index is 1070. The van der Waals surface area contributed by atoms with E-state index in [0.29, 0.717) is 3.63 Å². The van der Waals surface area contributed by atoms with Crippen molar-refractivity contribution in [1.82, 2.24) is 0 Å². The molecule has 0 spiro atoms. The first-order chi connectivity index (χ1) is 14.1. The number of fused-ring (bicyclic) bond motifs is 3. The first-order valence-corrected chi connectivity index (χ1v) is 22.4. The fourth-order valence-electron chi connectivity index (χ4n) is 5.09. The van der Waals surface area contributed by atoms with Crippen LogP contribution in [0.3, 0.4) is 0 Å². The predicted octanol–water partition coefficient (Wildman–Crippen LogP) is 6.28. The number of rotatable bonds is 4. The monoisotopic (exact) mass is 504 g/mol. The van der Waals surface area contributed by atoms with Gasteiger partial charge in [0.1, 0.15) is 0 Å². The summed E-state index contributed by atoms with van der Waals surface area (Å²) in [5.41, 5.74) is 6.50. The minimum atomic E-state index is -1.88. The molecule has 0 atom stereocenters. The van der Waals surface area contributed by atoms with Gasteiger partial charge < -0.3 is 0 Å². The van der Waals surface area contributed by atoms with Crippen LogP contribution in [0, 0.1) is 0 Å². The summed E-state index contributed by atoms with van der Waals surface area (Å²) < 4.78 is 4.50. The van der Waals surface area contributed by atoms with Crippen molar-refractivity contribution in [2.45, 2.75) is 62.2 Å². The van der Waals surface area contributed by atoms with Gasteiger partial charge in [0.2, 0.25) is 0 Å². The van der Waals surface area contributed by atoms with Crippen molar-refractivity contribution >= 4 is 29.7 Å². The van der Waals surface area contributed by atoms with Gasteiger partial charge in [-0.05, 0) is 0 Å². The number of allylic oxidation sites excluding steroid dienone is 4. The molecule has 0 aliphatic heterocycles. The molecular weight excluding hydrogens is 472 g/mol. The molecule has 0 bridgehead atoms. The zero-order chi connectivity index (χ0) is 21.3. The van der Waals surface area contributed by atoms with Crippen LogP contribution in [-0.2, 0) is 21.3 Å². The summed E-state index contributed by atoms with van der Waals surface area (Å²) in [4.78, 5) is 0. The van der Waals surface area contributed by atoms with Crippen molar-refractivity contribution in [1.29, 1.82) is 0 Å². The molecule has 0 radical (unpaired) electrons. The van der Waals surface area contributed by atoms with Gasteiger partial charge in [-0.2, -0.15) is 0 Å². The Hall–Kier alpha value is -0.893. The van der Waals surface area contributed by atoms with Gasteiger partial charge in [-0.15, -0.1) is 0 Å². The molecule has 3 aliphatic rings. The van der Waals surface area contributed by atoms with Crippen LogP contribution in [0.1, 0.15) is 34.0 Å². The van der Waals surface area contributed by atoms with Crippen molar-refractivity contribution < 1.29 is 21.3 Å². The molecule has 0 heterocycles. The van der Waals surface area contributed by atoms with E-state index in [0.717, 1.165) is 0 Å². The average Bonchev–Trinajstić information content (AvgIpc) is 3.26. The van der Waals surface area contributed by atoms with Crippen LogP contribution >= 0.6 is 0 Å². The molecule has 5 rings (SSSR count). The molecule has 0 unspecified atom stereocenters. The first kappa shape index (κ1) is 21.0. The van der Waals surface area contributed by atoms with E-state index in [1.807, 2.05) is 6.49 Å². The van der Waals surface area contributed by atoms with E-state index in [2.05, 4.69) is 93.9 Å². The molecule has 30 heavy (non-hydrogen) atoms. The van der Waals surface area contributed by atoms with Crippen LogP contribution in [0.25, 0.3) is 11.1 Å². The van der Waals surface area contributed by atoms with Gasteiger partial charge in [0, 0.05) is 0 Å². The van der Waals surface area contributed by atoms with E-state index in [1.54, 1.807) is 32.6 Å². The molecule has 3 aliphatic carbocycles. The zero-order valence-corrected chi connectivity index (χ0v) is 23.9. The summed E-state index contributed by atoms with van der Waals surface area (Å²) in [5, 5.41) is 3.22. The van der Waals surface area contributed by atoms with E-state index in [1.165, 1.54) is 19.3 Å². The molecule has 2 aromatic carbocycles. The Balaban J connectivity index is 1.75. The van der Waals surface area contributed by atoms with Crippen LogP contribution in [0.2, 0.25) is 39.3 Å². The molecule has 0 nitrogen and oxygen atoms in total. The van der Waals surface area contributed by atoms with Crippen molar-refractivity contribution in [2.75, 3.05) is 0 Å². The summed E-state index contributed by atoms with van der Waals surface area (Å²) in [5.74, 6) is 0.